The van der Waals surface area contributed by atoms with Crippen LogP contribution in [0.4, 0.5) is 0 Å². The number of ether oxygens (including phenoxy) is 1. The molecule has 168 valence electrons. The molecule has 0 bridgehead atoms. The zero-order chi connectivity index (χ0) is 23.0. The SMILES string of the molecule is CC1Cc2cc(/C(O)=C3/C(=O)C(=O)N(CCCN(C)C)C3c3ccc(Cl)cc3)ccc2O1. The van der Waals surface area contributed by atoms with Crippen molar-refractivity contribution in [2.24, 2.45) is 0 Å². The highest BCUT2D eigenvalue weighted by atomic mass is 35.5. The number of aliphatic hydroxyl groups is 1. The molecule has 2 aromatic carbocycles. The molecule has 0 aromatic heterocycles. The van der Waals surface area contributed by atoms with E-state index in [0.717, 1.165) is 29.8 Å². The van der Waals surface area contributed by atoms with E-state index in [-0.39, 0.29) is 17.4 Å². The van der Waals surface area contributed by atoms with Crippen molar-refractivity contribution in [3.05, 3.63) is 69.8 Å². The summed E-state index contributed by atoms with van der Waals surface area (Å²) < 4.78 is 5.74. The van der Waals surface area contributed by atoms with Crippen molar-refractivity contribution < 1.29 is 19.4 Å². The summed E-state index contributed by atoms with van der Waals surface area (Å²) in [5.41, 5.74) is 2.32. The molecule has 2 unspecified atom stereocenters. The van der Waals surface area contributed by atoms with Crippen LogP contribution >= 0.6 is 11.6 Å². The van der Waals surface area contributed by atoms with Crippen molar-refractivity contribution in [3.8, 4) is 5.75 Å². The standard InChI is InChI=1S/C25H27ClN2O4/c1-15-13-18-14-17(7-10-20(18)32-15)23(29)21-22(16-5-8-19(26)9-6-16)28(25(31)24(21)30)12-4-11-27(2)3/h5-10,14-15,22,29H,4,11-13H2,1-3H3/b23-21-. The number of hydrogen-bond donors (Lipinski definition) is 1. The zero-order valence-corrected chi connectivity index (χ0v) is 19.2. The highest BCUT2D eigenvalue weighted by Crippen LogP contribution is 2.40. The summed E-state index contributed by atoms with van der Waals surface area (Å²) in [7, 11) is 3.92. The number of Topliss-reactive ketones (excluding diaryl/α,β-unsaturated/α-hetero) is 1. The van der Waals surface area contributed by atoms with E-state index in [4.69, 9.17) is 16.3 Å². The van der Waals surface area contributed by atoms with Gasteiger partial charge in [-0.05, 0) is 75.4 Å². The molecule has 6 nitrogen and oxygen atoms in total. The molecule has 2 aliphatic heterocycles. The van der Waals surface area contributed by atoms with Crippen LogP contribution in [0.2, 0.25) is 5.02 Å². The number of aliphatic hydroxyl groups excluding tert-OH is 1. The Balaban J connectivity index is 1.77. The molecule has 32 heavy (non-hydrogen) atoms. The molecule has 7 heteroatoms. The Labute approximate surface area is 193 Å². The van der Waals surface area contributed by atoms with E-state index in [9.17, 15) is 14.7 Å². The van der Waals surface area contributed by atoms with Crippen molar-refractivity contribution in [2.45, 2.75) is 31.9 Å². The molecule has 2 atom stereocenters. The van der Waals surface area contributed by atoms with Crippen LogP contribution in [-0.2, 0) is 16.0 Å². The van der Waals surface area contributed by atoms with E-state index in [0.29, 0.717) is 23.6 Å². The first-order valence-corrected chi connectivity index (χ1v) is 11.1. The lowest BCUT2D eigenvalue weighted by Crippen LogP contribution is -2.32. The molecule has 2 aliphatic rings. The van der Waals surface area contributed by atoms with Gasteiger partial charge in [0.05, 0.1) is 11.6 Å². The summed E-state index contributed by atoms with van der Waals surface area (Å²) in [6.45, 7) is 3.17. The molecule has 2 heterocycles. The number of rotatable bonds is 6. The number of likely N-dealkylation sites (tertiary alicyclic amines) is 1. The molecule has 1 fully saturated rings. The number of carbonyl (C=O) groups is 2. The third-order valence-corrected chi connectivity index (χ3v) is 6.15. The second-order valence-corrected chi connectivity index (χ2v) is 9.09. The first kappa shape index (κ1) is 22.4. The predicted molar refractivity (Wildman–Crippen MR) is 124 cm³/mol. The summed E-state index contributed by atoms with van der Waals surface area (Å²) >= 11 is 6.06. The maximum atomic E-state index is 13.1. The van der Waals surface area contributed by atoms with Crippen LogP contribution in [0.3, 0.4) is 0 Å². The van der Waals surface area contributed by atoms with Crippen molar-refractivity contribution in [2.75, 3.05) is 27.2 Å². The second kappa shape index (κ2) is 8.96. The molecule has 0 aliphatic carbocycles. The maximum Gasteiger partial charge on any atom is 0.295 e. The van der Waals surface area contributed by atoms with Crippen LogP contribution in [0.1, 0.15) is 36.1 Å². The van der Waals surface area contributed by atoms with Gasteiger partial charge in [0.2, 0.25) is 0 Å². The van der Waals surface area contributed by atoms with Crippen LogP contribution in [0, 0.1) is 0 Å². The third kappa shape index (κ3) is 4.25. The lowest BCUT2D eigenvalue weighted by atomic mass is 9.94. The quantitative estimate of drug-likeness (QED) is 0.405. The number of amides is 1. The Morgan fingerprint density at radius 3 is 2.59 bits per heavy atom. The van der Waals surface area contributed by atoms with E-state index in [1.165, 1.54) is 0 Å². The Bertz CT molecular complexity index is 1080. The number of halogens is 1. The summed E-state index contributed by atoms with van der Waals surface area (Å²) in [6.07, 6.45) is 1.51. The molecule has 1 N–H and O–H groups in total. The lowest BCUT2D eigenvalue weighted by Gasteiger charge is -2.26. The van der Waals surface area contributed by atoms with E-state index in [2.05, 4.69) is 0 Å². The molecule has 1 saturated heterocycles. The Morgan fingerprint density at radius 1 is 1.19 bits per heavy atom. The van der Waals surface area contributed by atoms with Gasteiger partial charge in [-0.15, -0.1) is 0 Å². The van der Waals surface area contributed by atoms with Crippen LogP contribution < -0.4 is 4.74 Å². The molecule has 2 aromatic rings. The minimum absolute atomic E-state index is 0.0683. The Hall–Kier alpha value is -2.83. The van der Waals surface area contributed by atoms with Gasteiger partial charge >= 0.3 is 0 Å². The van der Waals surface area contributed by atoms with Gasteiger partial charge < -0.3 is 19.6 Å². The number of fused-ring (bicyclic) bond motifs is 1. The van der Waals surface area contributed by atoms with Crippen LogP contribution in [0.15, 0.2) is 48.0 Å². The molecule has 4 rings (SSSR count). The molecular formula is C25H27ClN2O4. The number of benzene rings is 2. The zero-order valence-electron chi connectivity index (χ0n) is 18.5. The summed E-state index contributed by atoms with van der Waals surface area (Å²) in [4.78, 5) is 29.7. The minimum atomic E-state index is -0.669. The minimum Gasteiger partial charge on any atom is -0.507 e. The number of ketones is 1. The van der Waals surface area contributed by atoms with E-state index in [1.54, 1.807) is 41.3 Å². The van der Waals surface area contributed by atoms with Crippen LogP contribution in [0.25, 0.3) is 5.76 Å². The fourth-order valence-corrected chi connectivity index (χ4v) is 4.51. The normalized spacial score (nSPS) is 21.8. The third-order valence-electron chi connectivity index (χ3n) is 5.90. The molecule has 0 radical (unpaired) electrons. The van der Waals surface area contributed by atoms with E-state index in [1.807, 2.05) is 32.0 Å². The molecule has 1 amide bonds. The topological polar surface area (TPSA) is 70.1 Å². The predicted octanol–water partition coefficient (Wildman–Crippen LogP) is 4.04. The van der Waals surface area contributed by atoms with Crippen molar-refractivity contribution in [1.82, 2.24) is 9.80 Å². The number of carbonyl (C=O) groups excluding carboxylic acids is 2. The van der Waals surface area contributed by atoms with Crippen molar-refractivity contribution >= 4 is 29.1 Å². The van der Waals surface area contributed by atoms with E-state index >= 15 is 0 Å². The highest BCUT2D eigenvalue weighted by molar-refractivity contribution is 6.46. The maximum absolute atomic E-state index is 13.1. The smallest absolute Gasteiger partial charge is 0.295 e. The first-order valence-electron chi connectivity index (χ1n) is 10.7. The molecular weight excluding hydrogens is 428 g/mol. The number of hydrogen-bond acceptors (Lipinski definition) is 5. The van der Waals surface area contributed by atoms with E-state index < -0.39 is 17.7 Å². The monoisotopic (exact) mass is 454 g/mol. The number of nitrogens with zero attached hydrogens (tertiary/aromatic N) is 2. The fraction of sp³-hybridized carbons (Fsp3) is 0.360. The van der Waals surface area contributed by atoms with Crippen molar-refractivity contribution in [1.29, 1.82) is 0 Å². The lowest BCUT2D eigenvalue weighted by molar-refractivity contribution is -0.139. The summed E-state index contributed by atoms with van der Waals surface area (Å²) in [5.74, 6) is -0.644. The van der Waals surface area contributed by atoms with Gasteiger partial charge in [0.15, 0.2) is 0 Å². The Morgan fingerprint density at radius 2 is 1.91 bits per heavy atom. The van der Waals surface area contributed by atoms with Crippen molar-refractivity contribution in [3.63, 3.8) is 0 Å². The Kier molecular flexibility index (Phi) is 6.26. The highest BCUT2D eigenvalue weighted by Gasteiger charge is 2.45. The second-order valence-electron chi connectivity index (χ2n) is 8.66. The summed E-state index contributed by atoms with van der Waals surface area (Å²) in [5, 5.41) is 11.8. The van der Waals surface area contributed by atoms with Gasteiger partial charge in [-0.25, -0.2) is 0 Å². The van der Waals surface area contributed by atoms with Gasteiger partial charge in [-0.2, -0.15) is 0 Å². The van der Waals surface area contributed by atoms with Gasteiger partial charge in [0, 0.05) is 23.6 Å². The van der Waals surface area contributed by atoms with Gasteiger partial charge in [-0.1, -0.05) is 23.7 Å². The first-order chi connectivity index (χ1) is 15.3. The molecule has 0 saturated carbocycles. The van der Waals surface area contributed by atoms with Crippen LogP contribution in [0.5, 0.6) is 5.75 Å². The van der Waals surface area contributed by atoms with Gasteiger partial charge in [-0.3, -0.25) is 9.59 Å². The molecule has 0 spiro atoms. The van der Waals surface area contributed by atoms with Crippen LogP contribution in [-0.4, -0.2) is 59.9 Å². The fourth-order valence-electron chi connectivity index (χ4n) is 4.38. The average molecular weight is 455 g/mol. The summed E-state index contributed by atoms with van der Waals surface area (Å²) in [6, 6.07) is 11.7. The average Bonchev–Trinajstić information content (AvgIpc) is 3.24. The van der Waals surface area contributed by atoms with Gasteiger partial charge in [0.1, 0.15) is 17.6 Å². The van der Waals surface area contributed by atoms with Gasteiger partial charge in [0.25, 0.3) is 11.7 Å². The largest absolute Gasteiger partial charge is 0.507 e.